The standard InChI is InChI=1S/C13H21N3/c1-3-15-7-9-16(10-8-15)11-13-12(2)5-4-6-14-13/h4-6H,3,7-11H2,1-2H3. The first-order valence-corrected chi connectivity index (χ1v) is 6.15. The van der Waals surface area contributed by atoms with Gasteiger partial charge in [-0.1, -0.05) is 13.0 Å². The van der Waals surface area contributed by atoms with Gasteiger partial charge >= 0.3 is 0 Å². The van der Waals surface area contributed by atoms with Gasteiger partial charge in [-0.25, -0.2) is 0 Å². The van der Waals surface area contributed by atoms with Crippen molar-refractivity contribution in [3.8, 4) is 0 Å². The van der Waals surface area contributed by atoms with E-state index in [1.165, 1.54) is 44.0 Å². The summed E-state index contributed by atoms with van der Waals surface area (Å²) in [7, 11) is 0. The Hall–Kier alpha value is -0.930. The second kappa shape index (κ2) is 5.41. The molecule has 0 amide bonds. The van der Waals surface area contributed by atoms with Crippen LogP contribution in [0.5, 0.6) is 0 Å². The lowest BCUT2D eigenvalue weighted by Gasteiger charge is -2.33. The van der Waals surface area contributed by atoms with Crippen molar-refractivity contribution in [1.82, 2.24) is 14.8 Å². The number of likely N-dealkylation sites (N-methyl/N-ethyl adjacent to an activating group) is 1. The maximum atomic E-state index is 4.46. The summed E-state index contributed by atoms with van der Waals surface area (Å²) in [6.07, 6.45) is 1.89. The topological polar surface area (TPSA) is 19.4 Å². The molecular weight excluding hydrogens is 198 g/mol. The molecule has 1 aromatic heterocycles. The summed E-state index contributed by atoms with van der Waals surface area (Å²) >= 11 is 0. The molecule has 0 aromatic carbocycles. The van der Waals surface area contributed by atoms with E-state index in [2.05, 4.69) is 34.7 Å². The Kier molecular flexibility index (Phi) is 3.91. The first-order valence-electron chi connectivity index (χ1n) is 6.15. The minimum absolute atomic E-state index is 1.00. The summed E-state index contributed by atoms with van der Waals surface area (Å²) in [5.74, 6) is 0. The molecule has 1 aliphatic rings. The first kappa shape index (κ1) is 11.6. The third-order valence-electron chi connectivity index (χ3n) is 3.40. The lowest BCUT2D eigenvalue weighted by atomic mass is 10.2. The minimum atomic E-state index is 1.00. The van der Waals surface area contributed by atoms with Crippen LogP contribution in [0.3, 0.4) is 0 Å². The fourth-order valence-corrected chi connectivity index (χ4v) is 2.16. The van der Waals surface area contributed by atoms with Crippen LogP contribution in [0.1, 0.15) is 18.2 Å². The molecule has 1 saturated heterocycles. The Morgan fingerprint density at radius 3 is 2.50 bits per heavy atom. The average Bonchev–Trinajstić information content (AvgIpc) is 2.33. The van der Waals surface area contributed by atoms with E-state index >= 15 is 0 Å². The van der Waals surface area contributed by atoms with Gasteiger partial charge in [0.2, 0.25) is 0 Å². The second-order valence-electron chi connectivity index (χ2n) is 4.48. The highest BCUT2D eigenvalue weighted by Gasteiger charge is 2.16. The molecule has 2 heterocycles. The maximum Gasteiger partial charge on any atom is 0.0573 e. The lowest BCUT2D eigenvalue weighted by molar-refractivity contribution is 0.130. The fourth-order valence-electron chi connectivity index (χ4n) is 2.16. The van der Waals surface area contributed by atoms with Crippen molar-refractivity contribution in [1.29, 1.82) is 0 Å². The van der Waals surface area contributed by atoms with Gasteiger partial charge in [-0.3, -0.25) is 9.88 Å². The third-order valence-corrected chi connectivity index (χ3v) is 3.40. The van der Waals surface area contributed by atoms with Gasteiger partial charge in [-0.15, -0.1) is 0 Å². The summed E-state index contributed by atoms with van der Waals surface area (Å²) in [6, 6.07) is 4.15. The summed E-state index contributed by atoms with van der Waals surface area (Å²) in [5, 5.41) is 0. The van der Waals surface area contributed by atoms with Crippen LogP contribution in [0.2, 0.25) is 0 Å². The zero-order valence-electron chi connectivity index (χ0n) is 10.3. The zero-order chi connectivity index (χ0) is 11.4. The van der Waals surface area contributed by atoms with Gasteiger partial charge in [-0.05, 0) is 25.1 Å². The van der Waals surface area contributed by atoms with E-state index in [1.54, 1.807) is 0 Å². The number of pyridine rings is 1. The number of nitrogens with zero attached hydrogens (tertiary/aromatic N) is 3. The van der Waals surface area contributed by atoms with Crippen molar-refractivity contribution in [3.63, 3.8) is 0 Å². The highest BCUT2D eigenvalue weighted by Crippen LogP contribution is 2.09. The van der Waals surface area contributed by atoms with Crippen LogP contribution < -0.4 is 0 Å². The molecule has 3 nitrogen and oxygen atoms in total. The second-order valence-corrected chi connectivity index (χ2v) is 4.48. The Morgan fingerprint density at radius 1 is 1.19 bits per heavy atom. The van der Waals surface area contributed by atoms with Crippen LogP contribution in [-0.4, -0.2) is 47.5 Å². The molecule has 1 aliphatic heterocycles. The number of hydrogen-bond donors (Lipinski definition) is 0. The molecule has 88 valence electrons. The van der Waals surface area contributed by atoms with Gasteiger partial charge in [0.05, 0.1) is 5.69 Å². The van der Waals surface area contributed by atoms with Gasteiger partial charge in [0.15, 0.2) is 0 Å². The number of aryl methyl sites for hydroxylation is 1. The molecule has 2 rings (SSSR count). The molecule has 0 N–H and O–H groups in total. The molecule has 0 aliphatic carbocycles. The lowest BCUT2D eigenvalue weighted by Crippen LogP contribution is -2.45. The number of hydrogen-bond acceptors (Lipinski definition) is 3. The summed E-state index contributed by atoms with van der Waals surface area (Å²) in [4.78, 5) is 9.46. The van der Waals surface area contributed by atoms with Crippen molar-refractivity contribution in [2.24, 2.45) is 0 Å². The predicted octanol–water partition coefficient (Wildman–Crippen LogP) is 1.53. The van der Waals surface area contributed by atoms with Crippen LogP contribution in [0.15, 0.2) is 18.3 Å². The van der Waals surface area contributed by atoms with E-state index in [9.17, 15) is 0 Å². The molecular formula is C13H21N3. The molecule has 0 saturated carbocycles. The van der Waals surface area contributed by atoms with Crippen molar-refractivity contribution < 1.29 is 0 Å². The SMILES string of the molecule is CCN1CCN(Cc2ncccc2C)CC1. The first-order chi connectivity index (χ1) is 7.79. The van der Waals surface area contributed by atoms with Crippen molar-refractivity contribution in [3.05, 3.63) is 29.6 Å². The highest BCUT2D eigenvalue weighted by atomic mass is 15.3. The molecule has 0 atom stereocenters. The normalized spacial score (nSPS) is 18.9. The highest BCUT2D eigenvalue weighted by molar-refractivity contribution is 5.17. The van der Waals surface area contributed by atoms with Crippen LogP contribution in [0.4, 0.5) is 0 Å². The Balaban J connectivity index is 1.89. The predicted molar refractivity (Wildman–Crippen MR) is 66.4 cm³/mol. The third kappa shape index (κ3) is 2.80. The number of piperazine rings is 1. The molecule has 0 bridgehead atoms. The van der Waals surface area contributed by atoms with Gasteiger partial charge in [0, 0.05) is 38.9 Å². The Morgan fingerprint density at radius 2 is 1.88 bits per heavy atom. The van der Waals surface area contributed by atoms with E-state index in [0.29, 0.717) is 0 Å². The van der Waals surface area contributed by atoms with Crippen molar-refractivity contribution >= 4 is 0 Å². The van der Waals surface area contributed by atoms with E-state index in [0.717, 1.165) is 6.54 Å². The summed E-state index contributed by atoms with van der Waals surface area (Å²) in [5.41, 5.74) is 2.54. The molecule has 1 aromatic rings. The van der Waals surface area contributed by atoms with Gasteiger partial charge in [0.1, 0.15) is 0 Å². The van der Waals surface area contributed by atoms with E-state index in [4.69, 9.17) is 0 Å². The Labute approximate surface area is 98.1 Å². The fraction of sp³-hybridized carbons (Fsp3) is 0.615. The quantitative estimate of drug-likeness (QED) is 0.768. The average molecular weight is 219 g/mol. The monoisotopic (exact) mass is 219 g/mol. The van der Waals surface area contributed by atoms with Crippen molar-refractivity contribution in [2.75, 3.05) is 32.7 Å². The van der Waals surface area contributed by atoms with Crippen LogP contribution in [0, 0.1) is 6.92 Å². The van der Waals surface area contributed by atoms with E-state index in [-0.39, 0.29) is 0 Å². The molecule has 16 heavy (non-hydrogen) atoms. The molecule has 0 unspecified atom stereocenters. The summed E-state index contributed by atoms with van der Waals surface area (Å²) < 4.78 is 0. The van der Waals surface area contributed by atoms with Crippen LogP contribution >= 0.6 is 0 Å². The van der Waals surface area contributed by atoms with Gasteiger partial charge in [-0.2, -0.15) is 0 Å². The molecule has 0 radical (unpaired) electrons. The molecule has 0 spiro atoms. The molecule has 3 heteroatoms. The number of aromatic nitrogens is 1. The van der Waals surface area contributed by atoms with Gasteiger partial charge in [0.25, 0.3) is 0 Å². The largest absolute Gasteiger partial charge is 0.301 e. The van der Waals surface area contributed by atoms with E-state index in [1.807, 2.05) is 12.3 Å². The molecule has 1 fully saturated rings. The van der Waals surface area contributed by atoms with Crippen LogP contribution in [-0.2, 0) is 6.54 Å². The maximum absolute atomic E-state index is 4.46. The summed E-state index contributed by atoms with van der Waals surface area (Å²) in [6.45, 7) is 11.3. The Bertz CT molecular complexity index is 330. The number of rotatable bonds is 3. The zero-order valence-corrected chi connectivity index (χ0v) is 10.3. The van der Waals surface area contributed by atoms with E-state index < -0.39 is 0 Å². The smallest absolute Gasteiger partial charge is 0.0573 e. The van der Waals surface area contributed by atoms with Gasteiger partial charge < -0.3 is 4.90 Å². The minimum Gasteiger partial charge on any atom is -0.301 e. The van der Waals surface area contributed by atoms with Crippen LogP contribution in [0.25, 0.3) is 0 Å². The van der Waals surface area contributed by atoms with Crippen molar-refractivity contribution in [2.45, 2.75) is 20.4 Å².